The van der Waals surface area contributed by atoms with Gasteiger partial charge in [-0.1, -0.05) is 13.8 Å². The van der Waals surface area contributed by atoms with Crippen LogP contribution in [-0.4, -0.2) is 70.5 Å². The quantitative estimate of drug-likeness (QED) is 0.267. The van der Waals surface area contributed by atoms with Crippen LogP contribution in [0.1, 0.15) is 26.7 Å². The first kappa shape index (κ1) is 30.0. The number of aliphatic hydroxyl groups excluding tert-OH is 2. The van der Waals surface area contributed by atoms with Gasteiger partial charge in [0.1, 0.15) is 6.61 Å². The van der Waals surface area contributed by atoms with Crippen LogP contribution >= 0.6 is 0 Å². The monoisotopic (exact) mass is 492 g/mol. The zero-order chi connectivity index (χ0) is 25.2. The summed E-state index contributed by atoms with van der Waals surface area (Å²) in [5, 5.41) is 27.6. The third kappa shape index (κ3) is 5.68. The van der Waals surface area contributed by atoms with Gasteiger partial charge >= 0.3 is 36.0 Å². The smallest absolute Gasteiger partial charge is 0.368 e. The van der Waals surface area contributed by atoms with Gasteiger partial charge in [-0.25, -0.2) is 8.78 Å². The molecule has 188 valence electrons. The Hall–Kier alpha value is -1.00. The lowest BCUT2D eigenvalue weighted by atomic mass is 9.92. The maximum absolute atomic E-state index is 13.6. The minimum absolute atomic E-state index is 0.0720. The second-order valence-electron chi connectivity index (χ2n) is 6.85. The zero-order valence-electron chi connectivity index (χ0n) is 15.8. The number of rotatable bonds is 13. The summed E-state index contributed by atoms with van der Waals surface area (Å²) in [6.07, 6.45) is -10.3. The molecule has 0 spiro atoms. The van der Waals surface area contributed by atoms with Crippen LogP contribution in [0.25, 0.3) is 0 Å². The summed E-state index contributed by atoms with van der Waals surface area (Å²) in [4.78, 5) is 0. The molecule has 0 bridgehead atoms. The number of ether oxygens (including phenoxy) is 1. The van der Waals surface area contributed by atoms with Gasteiger partial charge in [0.05, 0.1) is 0 Å². The molecule has 0 aliphatic rings. The second kappa shape index (κ2) is 9.87. The van der Waals surface area contributed by atoms with Crippen LogP contribution < -0.4 is 0 Å². The molecule has 16 heteroatoms. The van der Waals surface area contributed by atoms with Gasteiger partial charge in [-0.3, -0.25) is 0 Å². The Balaban J connectivity index is 5.57. The van der Waals surface area contributed by atoms with Crippen molar-refractivity contribution >= 4 is 0 Å². The molecule has 0 aromatic rings. The largest absolute Gasteiger partial charge is 0.384 e. The minimum atomic E-state index is -7.67. The highest BCUT2D eigenvalue weighted by molar-refractivity contribution is 5.09. The zero-order valence-corrected chi connectivity index (χ0v) is 15.8. The van der Waals surface area contributed by atoms with E-state index in [-0.39, 0.29) is 12.8 Å². The van der Waals surface area contributed by atoms with Crippen LogP contribution in [0.4, 0.5) is 52.7 Å². The molecule has 31 heavy (non-hydrogen) atoms. The summed E-state index contributed by atoms with van der Waals surface area (Å²) in [7, 11) is 0. The Bertz CT molecular complexity index is 570. The van der Waals surface area contributed by atoms with Crippen molar-refractivity contribution in [2.75, 3.05) is 6.61 Å². The van der Waals surface area contributed by atoms with Crippen molar-refractivity contribution in [3.8, 4) is 0 Å². The first-order valence-electron chi connectivity index (χ1n) is 8.44. The third-order valence-corrected chi connectivity index (χ3v) is 4.48. The van der Waals surface area contributed by atoms with Gasteiger partial charge in [-0.2, -0.15) is 43.9 Å². The van der Waals surface area contributed by atoms with Crippen molar-refractivity contribution < 1.29 is 72.7 Å². The van der Waals surface area contributed by atoms with Gasteiger partial charge in [-0.05, 0) is 12.8 Å². The van der Waals surface area contributed by atoms with E-state index < -0.39 is 67.1 Å². The fraction of sp³-hybridized carbons (Fsp3) is 1.00. The first-order valence-corrected chi connectivity index (χ1v) is 8.44. The molecule has 0 heterocycles. The van der Waals surface area contributed by atoms with Gasteiger partial charge in [0.2, 0.25) is 0 Å². The van der Waals surface area contributed by atoms with Gasteiger partial charge < -0.3 is 20.1 Å². The van der Waals surface area contributed by atoms with Crippen LogP contribution in [0, 0.1) is 11.8 Å². The molecular weight excluding hydrogens is 472 g/mol. The normalized spacial score (nSPS) is 17.9. The van der Waals surface area contributed by atoms with Crippen LogP contribution in [-0.2, 0) is 4.74 Å². The maximum atomic E-state index is 13.6. The fourth-order valence-electron chi connectivity index (χ4n) is 2.31. The molecule has 0 aliphatic heterocycles. The summed E-state index contributed by atoms with van der Waals surface area (Å²) in [5.41, 5.74) is 0. The SMILES string of the molecule is CCC(CC(C)C(O)OCC(F)(F)C(F)(F)C(F)(F)C(F)(F)C(F)(F)C(F)F)C(O)O. The molecule has 0 amide bonds. The average Bonchev–Trinajstić information content (AvgIpc) is 2.62. The Morgan fingerprint density at radius 3 is 1.58 bits per heavy atom. The number of alkyl halides is 12. The highest BCUT2D eigenvalue weighted by Crippen LogP contribution is 2.58. The van der Waals surface area contributed by atoms with Gasteiger partial charge in [0.25, 0.3) is 0 Å². The van der Waals surface area contributed by atoms with E-state index in [1.54, 1.807) is 0 Å². The van der Waals surface area contributed by atoms with E-state index in [4.69, 9.17) is 10.2 Å². The van der Waals surface area contributed by atoms with E-state index >= 15 is 0 Å². The molecule has 3 atom stereocenters. The van der Waals surface area contributed by atoms with Crippen LogP contribution in [0.15, 0.2) is 0 Å². The van der Waals surface area contributed by atoms with E-state index in [0.29, 0.717) is 0 Å². The maximum Gasteiger partial charge on any atom is 0.384 e. The lowest BCUT2D eigenvalue weighted by Gasteiger charge is -2.39. The molecule has 0 aromatic carbocycles. The average molecular weight is 492 g/mol. The molecule has 0 fully saturated rings. The van der Waals surface area contributed by atoms with E-state index in [2.05, 4.69) is 4.74 Å². The molecular formula is C15H20F12O4. The van der Waals surface area contributed by atoms with Crippen molar-refractivity contribution in [3.63, 3.8) is 0 Å². The summed E-state index contributed by atoms with van der Waals surface area (Å²) < 4.78 is 160. The Kier molecular flexibility index (Phi) is 9.55. The van der Waals surface area contributed by atoms with Crippen molar-refractivity contribution in [1.82, 2.24) is 0 Å². The van der Waals surface area contributed by atoms with E-state index in [1.165, 1.54) is 6.92 Å². The summed E-state index contributed by atoms with van der Waals surface area (Å²) >= 11 is 0. The highest BCUT2D eigenvalue weighted by Gasteiger charge is 2.87. The molecule has 0 radical (unpaired) electrons. The van der Waals surface area contributed by atoms with Crippen molar-refractivity contribution in [2.24, 2.45) is 11.8 Å². The minimum Gasteiger partial charge on any atom is -0.368 e. The van der Waals surface area contributed by atoms with Gasteiger partial charge in [0, 0.05) is 11.8 Å². The molecule has 4 nitrogen and oxygen atoms in total. The van der Waals surface area contributed by atoms with Crippen LogP contribution in [0.5, 0.6) is 0 Å². The predicted octanol–water partition coefficient (Wildman–Crippen LogP) is 4.13. The Labute approximate surface area is 167 Å². The highest BCUT2D eigenvalue weighted by atomic mass is 19.4. The number of halogens is 12. The lowest BCUT2D eigenvalue weighted by Crippen LogP contribution is -2.69. The second-order valence-corrected chi connectivity index (χ2v) is 6.85. The van der Waals surface area contributed by atoms with Gasteiger partial charge in [-0.15, -0.1) is 0 Å². The number of hydrogen-bond donors (Lipinski definition) is 3. The molecule has 0 aromatic heterocycles. The van der Waals surface area contributed by atoms with Crippen molar-refractivity contribution in [3.05, 3.63) is 0 Å². The van der Waals surface area contributed by atoms with E-state index in [9.17, 15) is 57.8 Å². The summed E-state index contributed by atoms with van der Waals surface area (Å²) in [5.74, 6) is -38.3. The standard InChI is InChI=1S/C15H20F12O4/c1-3-7(8(28)29)4-6(2)9(30)31-5-11(18,19)13(22,23)15(26,27)14(24,25)12(20,21)10(16)17/h6-10,28-30H,3-5H2,1-2H3. The predicted molar refractivity (Wildman–Crippen MR) is 78.5 cm³/mol. The number of hydrogen-bond acceptors (Lipinski definition) is 4. The summed E-state index contributed by atoms with van der Waals surface area (Å²) in [6.45, 7) is -0.427. The third-order valence-electron chi connectivity index (χ3n) is 4.48. The van der Waals surface area contributed by atoms with Crippen LogP contribution in [0.2, 0.25) is 0 Å². The molecule has 0 saturated carbocycles. The molecule has 0 rings (SSSR count). The summed E-state index contributed by atoms with van der Waals surface area (Å²) in [6, 6.07) is 0. The Morgan fingerprint density at radius 1 is 0.774 bits per heavy atom. The molecule has 3 N–H and O–H groups in total. The topological polar surface area (TPSA) is 69.9 Å². The first-order chi connectivity index (χ1) is 13.6. The molecule has 0 saturated heterocycles. The van der Waals surface area contributed by atoms with Gasteiger partial charge in [0.15, 0.2) is 12.6 Å². The van der Waals surface area contributed by atoms with E-state index in [0.717, 1.165) is 6.92 Å². The lowest BCUT2D eigenvalue weighted by molar-refractivity contribution is -0.417. The number of aliphatic hydroxyl groups is 3. The van der Waals surface area contributed by atoms with Crippen molar-refractivity contribution in [1.29, 1.82) is 0 Å². The molecule has 3 unspecified atom stereocenters. The molecule has 0 aliphatic carbocycles. The Morgan fingerprint density at radius 2 is 1.23 bits per heavy atom. The van der Waals surface area contributed by atoms with Crippen molar-refractivity contribution in [2.45, 2.75) is 75.3 Å². The van der Waals surface area contributed by atoms with Crippen LogP contribution in [0.3, 0.4) is 0 Å². The fourth-order valence-corrected chi connectivity index (χ4v) is 2.31. The van der Waals surface area contributed by atoms with E-state index in [1.807, 2.05) is 0 Å².